The second-order valence-electron chi connectivity index (χ2n) is 6.53. The molecule has 146 valence electrons. The van der Waals surface area contributed by atoms with Crippen LogP contribution in [0, 0.1) is 12.7 Å². The highest BCUT2D eigenvalue weighted by molar-refractivity contribution is 7.17. The van der Waals surface area contributed by atoms with Crippen LogP contribution in [-0.2, 0) is 11.2 Å². The number of fused-ring (bicyclic) bond motifs is 1. The fourth-order valence-electron chi connectivity index (χ4n) is 2.93. The molecule has 2 aromatic heterocycles. The van der Waals surface area contributed by atoms with Crippen LogP contribution in [0.15, 0.2) is 60.7 Å². The number of hydrogen-bond donors (Lipinski definition) is 1. The predicted octanol–water partition coefficient (Wildman–Crippen LogP) is 4.28. The highest BCUT2D eigenvalue weighted by Crippen LogP contribution is 2.25. The van der Waals surface area contributed by atoms with Gasteiger partial charge < -0.3 is 5.32 Å². The molecule has 0 aliphatic heterocycles. The molecule has 5 nitrogen and oxygen atoms in total. The van der Waals surface area contributed by atoms with Gasteiger partial charge in [-0.2, -0.15) is 4.98 Å². The normalized spacial score (nSPS) is 11.4. The van der Waals surface area contributed by atoms with Gasteiger partial charge in [-0.05, 0) is 42.8 Å². The van der Waals surface area contributed by atoms with E-state index in [1.54, 1.807) is 40.1 Å². The zero-order valence-electron chi connectivity index (χ0n) is 15.8. The van der Waals surface area contributed by atoms with Gasteiger partial charge in [-0.15, -0.1) is 5.10 Å². The number of thiazole rings is 1. The first-order chi connectivity index (χ1) is 14.1. The summed E-state index contributed by atoms with van der Waals surface area (Å²) in [6, 6.07) is 15.8. The summed E-state index contributed by atoms with van der Waals surface area (Å²) in [7, 11) is 0. The number of halogens is 1. The molecule has 0 unspecified atom stereocenters. The molecular formula is C22H19FN4OS. The van der Waals surface area contributed by atoms with Gasteiger partial charge in [0.15, 0.2) is 5.82 Å². The lowest BCUT2D eigenvalue weighted by Crippen LogP contribution is -2.23. The van der Waals surface area contributed by atoms with E-state index >= 15 is 0 Å². The fourth-order valence-corrected chi connectivity index (χ4v) is 3.99. The molecule has 2 heterocycles. The van der Waals surface area contributed by atoms with E-state index in [9.17, 15) is 9.18 Å². The van der Waals surface area contributed by atoms with Crippen molar-refractivity contribution in [1.29, 1.82) is 0 Å². The summed E-state index contributed by atoms with van der Waals surface area (Å²) in [6.07, 6.45) is 4.04. The average molecular weight is 406 g/mol. The summed E-state index contributed by atoms with van der Waals surface area (Å²) in [5.41, 5.74) is 2.77. The van der Waals surface area contributed by atoms with Crippen molar-refractivity contribution in [2.45, 2.75) is 13.3 Å². The standard InChI is InChI=1S/C22H19FN4OS/c1-15-19(13-14-24-20(28)12-7-16-5-3-2-4-6-16)29-22-25-21(26-27(15)22)17-8-10-18(23)11-9-17/h2-12H,13-14H2,1H3,(H,24,28). The Kier molecular flexibility index (Phi) is 5.48. The minimum absolute atomic E-state index is 0.121. The lowest BCUT2D eigenvalue weighted by molar-refractivity contribution is -0.116. The third kappa shape index (κ3) is 4.41. The molecule has 0 saturated heterocycles. The van der Waals surface area contributed by atoms with E-state index in [4.69, 9.17) is 0 Å². The van der Waals surface area contributed by atoms with Crippen LogP contribution < -0.4 is 5.32 Å². The Balaban J connectivity index is 1.38. The predicted molar refractivity (Wildman–Crippen MR) is 113 cm³/mol. The summed E-state index contributed by atoms with van der Waals surface area (Å²) in [5, 5.41) is 7.44. The number of aryl methyl sites for hydroxylation is 1. The van der Waals surface area contributed by atoms with E-state index in [0.717, 1.165) is 26.7 Å². The van der Waals surface area contributed by atoms with Crippen LogP contribution >= 0.6 is 11.3 Å². The second-order valence-corrected chi connectivity index (χ2v) is 7.59. The van der Waals surface area contributed by atoms with Crippen molar-refractivity contribution in [3.63, 3.8) is 0 Å². The number of benzene rings is 2. The lowest BCUT2D eigenvalue weighted by atomic mass is 10.2. The summed E-state index contributed by atoms with van der Waals surface area (Å²) >= 11 is 1.55. The van der Waals surface area contributed by atoms with Gasteiger partial charge in [0.2, 0.25) is 10.9 Å². The second kappa shape index (κ2) is 8.36. The number of hydrogen-bond acceptors (Lipinski definition) is 4. The summed E-state index contributed by atoms with van der Waals surface area (Å²) in [4.78, 5) is 18.4. The van der Waals surface area contributed by atoms with E-state index in [-0.39, 0.29) is 11.7 Å². The molecule has 0 radical (unpaired) electrons. The molecule has 0 atom stereocenters. The van der Waals surface area contributed by atoms with Gasteiger partial charge >= 0.3 is 0 Å². The maximum atomic E-state index is 13.1. The molecule has 4 rings (SSSR count). The quantitative estimate of drug-likeness (QED) is 0.486. The number of aromatic nitrogens is 3. The van der Waals surface area contributed by atoms with Crippen molar-refractivity contribution in [2.75, 3.05) is 6.54 Å². The number of nitrogens with zero attached hydrogens (tertiary/aromatic N) is 3. The first kappa shape index (κ1) is 19.0. The minimum atomic E-state index is -0.283. The monoisotopic (exact) mass is 406 g/mol. The number of nitrogens with one attached hydrogen (secondary N) is 1. The number of carbonyl (C=O) groups is 1. The highest BCUT2D eigenvalue weighted by atomic mass is 32.1. The lowest BCUT2D eigenvalue weighted by Gasteiger charge is -2.02. The Morgan fingerprint density at radius 1 is 1.17 bits per heavy atom. The molecular weight excluding hydrogens is 387 g/mol. The topological polar surface area (TPSA) is 59.3 Å². The van der Waals surface area contributed by atoms with Crippen LogP contribution in [0.2, 0.25) is 0 Å². The molecule has 4 aromatic rings. The maximum Gasteiger partial charge on any atom is 0.244 e. The number of carbonyl (C=O) groups excluding carboxylic acids is 1. The van der Waals surface area contributed by atoms with Crippen molar-refractivity contribution < 1.29 is 9.18 Å². The van der Waals surface area contributed by atoms with Gasteiger partial charge in [0, 0.05) is 29.5 Å². The molecule has 0 bridgehead atoms. The van der Waals surface area contributed by atoms with Gasteiger partial charge in [-0.3, -0.25) is 4.79 Å². The van der Waals surface area contributed by atoms with Crippen LogP contribution in [0.4, 0.5) is 4.39 Å². The molecule has 0 aliphatic rings. The summed E-state index contributed by atoms with van der Waals surface area (Å²) in [5.74, 6) is 0.170. The first-order valence-electron chi connectivity index (χ1n) is 9.22. The van der Waals surface area contributed by atoms with Gasteiger partial charge in [0.25, 0.3) is 0 Å². The van der Waals surface area contributed by atoms with Crippen molar-refractivity contribution in [2.24, 2.45) is 0 Å². The Bertz CT molecular complexity index is 1160. The van der Waals surface area contributed by atoms with E-state index in [2.05, 4.69) is 15.4 Å². The van der Waals surface area contributed by atoms with Crippen molar-refractivity contribution in [1.82, 2.24) is 19.9 Å². The van der Waals surface area contributed by atoms with Crippen LogP contribution in [0.3, 0.4) is 0 Å². The molecule has 0 spiro atoms. The summed E-state index contributed by atoms with van der Waals surface area (Å²) in [6.45, 7) is 2.52. The number of amides is 1. The molecule has 0 aliphatic carbocycles. The van der Waals surface area contributed by atoms with E-state index in [0.29, 0.717) is 18.8 Å². The maximum absolute atomic E-state index is 13.1. The first-order valence-corrected chi connectivity index (χ1v) is 10.0. The molecule has 1 amide bonds. The Labute approximate surface area is 171 Å². The smallest absolute Gasteiger partial charge is 0.244 e. The van der Waals surface area contributed by atoms with E-state index in [1.165, 1.54) is 12.1 Å². The van der Waals surface area contributed by atoms with Crippen LogP contribution in [0.1, 0.15) is 16.1 Å². The minimum Gasteiger partial charge on any atom is -0.352 e. The van der Waals surface area contributed by atoms with E-state index in [1.807, 2.05) is 37.3 Å². The molecule has 0 fully saturated rings. The van der Waals surface area contributed by atoms with Crippen molar-refractivity contribution in [3.8, 4) is 11.4 Å². The molecule has 29 heavy (non-hydrogen) atoms. The molecule has 0 saturated carbocycles. The van der Waals surface area contributed by atoms with Gasteiger partial charge in [-0.1, -0.05) is 41.7 Å². The Morgan fingerprint density at radius 3 is 2.66 bits per heavy atom. The van der Waals surface area contributed by atoms with Crippen LogP contribution in [0.25, 0.3) is 22.4 Å². The zero-order valence-corrected chi connectivity index (χ0v) is 16.6. The van der Waals surface area contributed by atoms with Crippen molar-refractivity contribution in [3.05, 3.63) is 82.6 Å². The fraction of sp³-hybridized carbons (Fsp3) is 0.136. The van der Waals surface area contributed by atoms with Gasteiger partial charge in [-0.25, -0.2) is 8.91 Å². The number of rotatable bonds is 6. The SMILES string of the molecule is Cc1c(CCNC(=O)C=Cc2ccccc2)sc2nc(-c3ccc(F)cc3)nn12. The summed E-state index contributed by atoms with van der Waals surface area (Å²) < 4.78 is 14.9. The zero-order chi connectivity index (χ0) is 20.2. The van der Waals surface area contributed by atoms with Crippen LogP contribution in [-0.4, -0.2) is 27.0 Å². The third-order valence-electron chi connectivity index (χ3n) is 4.49. The molecule has 7 heteroatoms. The molecule has 2 aromatic carbocycles. The van der Waals surface area contributed by atoms with Crippen LogP contribution in [0.5, 0.6) is 0 Å². The Hall–Kier alpha value is -3.32. The largest absolute Gasteiger partial charge is 0.352 e. The third-order valence-corrected chi connectivity index (χ3v) is 5.69. The van der Waals surface area contributed by atoms with Gasteiger partial charge in [0.1, 0.15) is 5.82 Å². The average Bonchev–Trinajstić information content (AvgIpc) is 3.27. The Morgan fingerprint density at radius 2 is 1.93 bits per heavy atom. The highest BCUT2D eigenvalue weighted by Gasteiger charge is 2.14. The van der Waals surface area contributed by atoms with E-state index < -0.39 is 0 Å². The van der Waals surface area contributed by atoms with Crippen molar-refractivity contribution >= 4 is 28.3 Å². The van der Waals surface area contributed by atoms with Gasteiger partial charge in [0.05, 0.1) is 5.69 Å². The molecule has 1 N–H and O–H groups in total.